The second-order valence-electron chi connectivity index (χ2n) is 4.31. The zero-order chi connectivity index (χ0) is 11.4. The van der Waals surface area contributed by atoms with Crippen LogP contribution in [0.5, 0.6) is 0 Å². The van der Waals surface area contributed by atoms with Gasteiger partial charge in [-0.2, -0.15) is 0 Å². The fourth-order valence-electron chi connectivity index (χ4n) is 1.87. The molecule has 1 unspecified atom stereocenters. The molecule has 0 fully saturated rings. The second-order valence-corrected chi connectivity index (χ2v) is 4.31. The van der Waals surface area contributed by atoms with E-state index in [0.29, 0.717) is 13.2 Å². The molecule has 2 N–H and O–H groups in total. The molecule has 0 aliphatic rings. The quantitative estimate of drug-likeness (QED) is 0.536. The van der Waals surface area contributed by atoms with Crippen molar-refractivity contribution in [3.8, 4) is 0 Å². The topological polar surface area (TPSA) is 35.2 Å². The summed E-state index contributed by atoms with van der Waals surface area (Å²) >= 11 is 0. The van der Waals surface area contributed by atoms with Crippen LogP contribution in [0.2, 0.25) is 0 Å². The fraction of sp³-hybridized carbons (Fsp3) is 1.00. The van der Waals surface area contributed by atoms with Crippen molar-refractivity contribution in [1.82, 2.24) is 0 Å². The second kappa shape index (κ2) is 12.0. The van der Waals surface area contributed by atoms with Crippen LogP contribution in [0.25, 0.3) is 0 Å². The third-order valence-electron chi connectivity index (χ3n) is 2.96. The summed E-state index contributed by atoms with van der Waals surface area (Å²) in [6.45, 7) is 6.83. The number of hydrogen-bond donors (Lipinski definition) is 1. The molecule has 0 aliphatic heterocycles. The Labute approximate surface area is 95.6 Å². The number of rotatable bonds is 11. The van der Waals surface area contributed by atoms with Crippen LogP contribution in [-0.2, 0) is 4.74 Å². The van der Waals surface area contributed by atoms with Crippen LogP contribution in [-0.4, -0.2) is 19.8 Å². The number of unbranched alkanes of at least 4 members (excludes halogenated alkanes) is 2. The first kappa shape index (κ1) is 14.9. The molecule has 0 radical (unpaired) electrons. The third-order valence-corrected chi connectivity index (χ3v) is 2.96. The van der Waals surface area contributed by atoms with Crippen molar-refractivity contribution < 1.29 is 4.74 Å². The Bertz CT molecular complexity index is 117. The average Bonchev–Trinajstić information content (AvgIpc) is 2.27. The van der Waals surface area contributed by atoms with E-state index >= 15 is 0 Å². The molecule has 2 heteroatoms. The van der Waals surface area contributed by atoms with Gasteiger partial charge in [0, 0.05) is 13.2 Å². The van der Waals surface area contributed by atoms with Crippen LogP contribution >= 0.6 is 0 Å². The molecule has 0 aromatic rings. The van der Waals surface area contributed by atoms with Crippen LogP contribution in [0.3, 0.4) is 0 Å². The summed E-state index contributed by atoms with van der Waals surface area (Å²) in [5, 5.41) is 0. The lowest BCUT2D eigenvalue weighted by atomic mass is 9.94. The van der Waals surface area contributed by atoms with Crippen LogP contribution in [0, 0.1) is 5.92 Å². The van der Waals surface area contributed by atoms with Crippen molar-refractivity contribution in [2.45, 2.75) is 58.8 Å². The molecule has 15 heavy (non-hydrogen) atoms. The van der Waals surface area contributed by atoms with Crippen LogP contribution in [0.4, 0.5) is 0 Å². The molecule has 0 aromatic heterocycles. The lowest BCUT2D eigenvalue weighted by Gasteiger charge is -2.13. The van der Waals surface area contributed by atoms with Gasteiger partial charge in [-0.25, -0.2) is 0 Å². The third kappa shape index (κ3) is 10.2. The maximum Gasteiger partial charge on any atom is 0.0588 e. The van der Waals surface area contributed by atoms with Gasteiger partial charge >= 0.3 is 0 Å². The van der Waals surface area contributed by atoms with E-state index in [2.05, 4.69) is 13.8 Å². The number of ether oxygens (including phenoxy) is 1. The van der Waals surface area contributed by atoms with E-state index in [4.69, 9.17) is 10.5 Å². The maximum atomic E-state index is 5.35. The van der Waals surface area contributed by atoms with Crippen LogP contribution < -0.4 is 5.73 Å². The fourth-order valence-corrected chi connectivity index (χ4v) is 1.87. The molecule has 0 heterocycles. The van der Waals surface area contributed by atoms with Crippen molar-refractivity contribution in [3.05, 3.63) is 0 Å². The molecule has 0 saturated carbocycles. The molecule has 0 spiro atoms. The molecule has 0 bridgehead atoms. The number of hydrogen-bond acceptors (Lipinski definition) is 2. The summed E-state index contributed by atoms with van der Waals surface area (Å²) in [6, 6.07) is 0. The summed E-state index contributed by atoms with van der Waals surface area (Å²) in [6.07, 6.45) is 9.36. The molecular formula is C13H29NO. The van der Waals surface area contributed by atoms with E-state index in [1.54, 1.807) is 0 Å². The lowest BCUT2D eigenvalue weighted by Crippen LogP contribution is -2.09. The highest BCUT2D eigenvalue weighted by Crippen LogP contribution is 2.19. The Hall–Kier alpha value is -0.0800. The minimum atomic E-state index is 0.647. The molecule has 92 valence electrons. The van der Waals surface area contributed by atoms with Gasteiger partial charge in [0.1, 0.15) is 0 Å². The number of nitrogens with two attached hydrogens (primary N) is 1. The van der Waals surface area contributed by atoms with E-state index in [1.165, 1.54) is 44.9 Å². The molecule has 1 atom stereocenters. The highest BCUT2D eigenvalue weighted by Gasteiger charge is 2.04. The molecule has 0 amide bonds. The summed E-state index contributed by atoms with van der Waals surface area (Å²) < 4.78 is 5.35. The highest BCUT2D eigenvalue weighted by molar-refractivity contribution is 4.57. The maximum absolute atomic E-state index is 5.35. The Morgan fingerprint density at radius 1 is 1.00 bits per heavy atom. The largest absolute Gasteiger partial charge is 0.380 e. The summed E-state index contributed by atoms with van der Waals surface area (Å²) in [5.74, 6) is 0.944. The van der Waals surface area contributed by atoms with Crippen molar-refractivity contribution in [1.29, 1.82) is 0 Å². The molecular weight excluding hydrogens is 186 g/mol. The van der Waals surface area contributed by atoms with Gasteiger partial charge in [-0.15, -0.1) is 0 Å². The minimum absolute atomic E-state index is 0.647. The van der Waals surface area contributed by atoms with E-state index in [0.717, 1.165) is 12.5 Å². The van der Waals surface area contributed by atoms with Gasteiger partial charge in [-0.1, -0.05) is 52.4 Å². The van der Waals surface area contributed by atoms with Gasteiger partial charge in [0.05, 0.1) is 6.61 Å². The molecule has 0 aliphatic carbocycles. The summed E-state index contributed by atoms with van der Waals surface area (Å²) in [5.41, 5.74) is 5.34. The van der Waals surface area contributed by atoms with Crippen molar-refractivity contribution in [2.75, 3.05) is 19.8 Å². The van der Waals surface area contributed by atoms with Crippen molar-refractivity contribution in [2.24, 2.45) is 11.7 Å². The van der Waals surface area contributed by atoms with Gasteiger partial charge in [0.15, 0.2) is 0 Å². The first-order valence-electron chi connectivity index (χ1n) is 6.62. The first-order chi connectivity index (χ1) is 7.35. The van der Waals surface area contributed by atoms with Gasteiger partial charge in [-0.3, -0.25) is 0 Å². The normalized spacial score (nSPS) is 13.0. The molecule has 0 rings (SSSR count). The summed E-state index contributed by atoms with van der Waals surface area (Å²) in [4.78, 5) is 0. The van der Waals surface area contributed by atoms with E-state index in [9.17, 15) is 0 Å². The van der Waals surface area contributed by atoms with E-state index in [1.807, 2.05) is 0 Å². The highest BCUT2D eigenvalue weighted by atomic mass is 16.5. The van der Waals surface area contributed by atoms with Gasteiger partial charge < -0.3 is 10.5 Å². The Balaban J connectivity index is 3.22. The molecule has 0 aromatic carbocycles. The van der Waals surface area contributed by atoms with Crippen molar-refractivity contribution >= 4 is 0 Å². The predicted octanol–water partition coefficient (Wildman–Crippen LogP) is 3.35. The monoisotopic (exact) mass is 215 g/mol. The smallest absolute Gasteiger partial charge is 0.0588 e. The van der Waals surface area contributed by atoms with E-state index < -0.39 is 0 Å². The predicted molar refractivity (Wildman–Crippen MR) is 67.0 cm³/mol. The standard InChI is InChI=1S/C13H29NO/c1-3-5-8-13(4-2)9-6-7-11-15-12-10-14/h13H,3-12,14H2,1-2H3. The SMILES string of the molecule is CCCCC(CC)CCCCOCCN. The Kier molecular flexibility index (Phi) is 11.9. The molecule has 0 saturated heterocycles. The van der Waals surface area contributed by atoms with Crippen LogP contribution in [0.15, 0.2) is 0 Å². The Morgan fingerprint density at radius 3 is 2.33 bits per heavy atom. The minimum Gasteiger partial charge on any atom is -0.380 e. The van der Waals surface area contributed by atoms with E-state index in [-0.39, 0.29) is 0 Å². The average molecular weight is 215 g/mol. The van der Waals surface area contributed by atoms with Crippen LogP contribution in [0.1, 0.15) is 58.8 Å². The zero-order valence-electron chi connectivity index (χ0n) is 10.6. The lowest BCUT2D eigenvalue weighted by molar-refractivity contribution is 0.135. The molecule has 2 nitrogen and oxygen atoms in total. The summed E-state index contributed by atoms with van der Waals surface area (Å²) in [7, 11) is 0. The van der Waals surface area contributed by atoms with Gasteiger partial charge in [0.2, 0.25) is 0 Å². The zero-order valence-corrected chi connectivity index (χ0v) is 10.6. The van der Waals surface area contributed by atoms with Gasteiger partial charge in [-0.05, 0) is 12.3 Å². The van der Waals surface area contributed by atoms with Gasteiger partial charge in [0.25, 0.3) is 0 Å². The Morgan fingerprint density at radius 2 is 1.73 bits per heavy atom. The first-order valence-corrected chi connectivity index (χ1v) is 6.62. The van der Waals surface area contributed by atoms with Crippen molar-refractivity contribution in [3.63, 3.8) is 0 Å².